The van der Waals surface area contributed by atoms with Gasteiger partial charge in [0.15, 0.2) is 0 Å². The van der Waals surface area contributed by atoms with Crippen LogP contribution in [0.15, 0.2) is 24.3 Å². The lowest BCUT2D eigenvalue weighted by molar-refractivity contribution is -0.143. The van der Waals surface area contributed by atoms with Gasteiger partial charge in [-0.1, -0.05) is 56.4 Å². The Morgan fingerprint density at radius 3 is 2.58 bits per heavy atom. The van der Waals surface area contributed by atoms with E-state index in [9.17, 15) is 20.1 Å². The highest BCUT2D eigenvalue weighted by atomic mass is 16.4. The lowest BCUT2D eigenvalue weighted by Crippen LogP contribution is -2.58. The number of carbonyl (C=O) groups is 1. The van der Waals surface area contributed by atoms with E-state index in [1.165, 1.54) is 24.0 Å². The number of piperidine rings is 2. The predicted octanol–water partition coefficient (Wildman–Crippen LogP) is 4.33. The number of carboxylic acid groups (broad SMARTS) is 1. The Kier molecular flexibility index (Phi) is 11.5. The van der Waals surface area contributed by atoms with E-state index in [4.69, 9.17) is 0 Å². The largest absolute Gasteiger partial charge is 0.481 e. The Balaban J connectivity index is 1.45. The van der Waals surface area contributed by atoms with Crippen LogP contribution in [-0.2, 0) is 17.6 Å². The lowest BCUT2D eigenvalue weighted by atomic mass is 9.82. The number of rotatable bonds is 5. The maximum atomic E-state index is 11.6. The summed E-state index contributed by atoms with van der Waals surface area (Å²) in [5.41, 5.74) is 1.48. The maximum absolute atomic E-state index is 11.6. The molecule has 2 fully saturated rings. The molecule has 3 aliphatic rings. The van der Waals surface area contributed by atoms with E-state index in [-0.39, 0.29) is 24.1 Å². The van der Waals surface area contributed by atoms with Gasteiger partial charge >= 0.3 is 5.97 Å². The first-order valence-electron chi connectivity index (χ1n) is 16.1. The molecule has 0 radical (unpaired) electrons. The first-order chi connectivity index (χ1) is 19.1. The van der Waals surface area contributed by atoms with E-state index in [0.717, 1.165) is 77.2 Å². The van der Waals surface area contributed by atoms with Crippen LogP contribution in [0.25, 0.3) is 0 Å². The molecule has 1 aromatic rings. The number of benzene rings is 1. The summed E-state index contributed by atoms with van der Waals surface area (Å²) in [6.45, 7) is 5.56. The molecule has 0 unspecified atom stereocenters. The molecule has 0 amide bonds. The van der Waals surface area contributed by atoms with Crippen LogP contribution in [0, 0.1) is 5.92 Å². The van der Waals surface area contributed by atoms with Crippen molar-refractivity contribution >= 4 is 5.97 Å². The van der Waals surface area contributed by atoms with Gasteiger partial charge in [0.2, 0.25) is 0 Å². The molecule has 40 heavy (non-hydrogen) atoms. The van der Waals surface area contributed by atoms with Gasteiger partial charge in [-0.15, -0.1) is 0 Å². The molecule has 226 valence electrons. The fraction of sp³-hybridized carbons (Fsp3) is 0.788. The summed E-state index contributed by atoms with van der Waals surface area (Å²) in [6, 6.07) is 10.2. The van der Waals surface area contributed by atoms with Crippen LogP contribution < -0.4 is 16.0 Å². The summed E-state index contributed by atoms with van der Waals surface area (Å²) < 4.78 is 0. The zero-order chi connectivity index (χ0) is 28.6. The maximum Gasteiger partial charge on any atom is 0.306 e. The average Bonchev–Trinajstić information content (AvgIpc) is 2.89. The van der Waals surface area contributed by atoms with E-state index in [0.29, 0.717) is 31.0 Å². The highest BCUT2D eigenvalue weighted by Gasteiger charge is 2.36. The number of aliphatic hydroxyl groups excluding tert-OH is 1. The number of β-amino-alcohol motifs (C(OH)–C–C–N with tert-alkyl or cyclic N) is 1. The van der Waals surface area contributed by atoms with Gasteiger partial charge in [0.1, 0.15) is 0 Å². The van der Waals surface area contributed by atoms with Crippen LogP contribution in [0.5, 0.6) is 0 Å². The molecule has 0 spiro atoms. The van der Waals surface area contributed by atoms with Crippen LogP contribution in [0.4, 0.5) is 0 Å². The number of hydrogen-bond acceptors (Lipinski definition) is 6. The Morgan fingerprint density at radius 2 is 1.80 bits per heavy atom. The summed E-state index contributed by atoms with van der Waals surface area (Å²) in [4.78, 5) is 11.6. The van der Waals surface area contributed by atoms with Crippen molar-refractivity contribution < 1.29 is 20.1 Å². The van der Waals surface area contributed by atoms with Gasteiger partial charge in [0, 0.05) is 30.2 Å². The second-order valence-electron chi connectivity index (χ2n) is 13.7. The third-order valence-corrected chi connectivity index (χ3v) is 9.94. The van der Waals surface area contributed by atoms with Gasteiger partial charge in [-0.2, -0.15) is 0 Å². The minimum Gasteiger partial charge on any atom is -0.481 e. The van der Waals surface area contributed by atoms with Crippen molar-refractivity contribution in [1.82, 2.24) is 16.0 Å². The minimum absolute atomic E-state index is 0.128. The summed E-state index contributed by atoms with van der Waals surface area (Å²) >= 11 is 0. The van der Waals surface area contributed by atoms with Crippen molar-refractivity contribution in [2.45, 2.75) is 146 Å². The number of aliphatic carboxylic acids is 1. The second kappa shape index (κ2) is 14.6. The molecule has 7 atom stereocenters. The normalized spacial score (nSPS) is 36.8. The number of nitrogens with one attached hydrogen (secondary N) is 3. The zero-order valence-electron chi connectivity index (χ0n) is 25.0. The van der Waals surface area contributed by atoms with Gasteiger partial charge in [0.05, 0.1) is 18.1 Å². The Bertz CT molecular complexity index is 944. The molecule has 6 N–H and O–H groups in total. The van der Waals surface area contributed by atoms with E-state index < -0.39 is 11.6 Å². The van der Waals surface area contributed by atoms with Crippen LogP contribution in [0.3, 0.4) is 0 Å². The van der Waals surface area contributed by atoms with Gasteiger partial charge in [-0.05, 0) is 95.2 Å². The quantitative estimate of drug-likeness (QED) is 0.319. The fourth-order valence-corrected chi connectivity index (χ4v) is 7.42. The molecular formula is C33H55N3O4. The van der Waals surface area contributed by atoms with Crippen molar-refractivity contribution in [1.29, 1.82) is 0 Å². The monoisotopic (exact) mass is 557 g/mol. The van der Waals surface area contributed by atoms with E-state index in [2.05, 4.69) is 54.1 Å². The molecule has 4 rings (SSSR count). The molecule has 0 aliphatic carbocycles. The first-order valence-corrected chi connectivity index (χ1v) is 16.1. The van der Waals surface area contributed by atoms with Crippen molar-refractivity contribution in [2.75, 3.05) is 13.1 Å². The molecule has 0 saturated carbocycles. The molecule has 1 aromatic carbocycles. The van der Waals surface area contributed by atoms with Gasteiger partial charge in [0.25, 0.3) is 0 Å². The SMILES string of the molecule is C[C@@H]1N[C@H](CC[C@H]2CCCCCC[C@@](O)(CC(=O)O)CN[C@]3(C)CCN[C@@H](Cc4cccc(c4)C2)C3)CC[C@H]1O. The topological polar surface area (TPSA) is 114 Å². The smallest absolute Gasteiger partial charge is 0.306 e. The molecule has 4 bridgehead atoms. The summed E-state index contributed by atoms with van der Waals surface area (Å²) in [5.74, 6) is -0.304. The van der Waals surface area contributed by atoms with Gasteiger partial charge in [-0.3, -0.25) is 4.79 Å². The van der Waals surface area contributed by atoms with E-state index in [1.807, 2.05) is 0 Å². The first kappa shape index (κ1) is 31.4. The number of carboxylic acids is 1. The fourth-order valence-electron chi connectivity index (χ4n) is 7.42. The number of fused-ring (bicyclic) bond motifs is 4. The van der Waals surface area contributed by atoms with Crippen molar-refractivity contribution in [3.8, 4) is 0 Å². The molecule has 0 aromatic heterocycles. The average molecular weight is 558 g/mol. The summed E-state index contributed by atoms with van der Waals surface area (Å²) in [6.07, 6.45) is 13.7. The highest BCUT2D eigenvalue weighted by Crippen LogP contribution is 2.29. The molecule has 3 heterocycles. The number of hydrogen-bond donors (Lipinski definition) is 6. The molecule has 3 aliphatic heterocycles. The van der Waals surface area contributed by atoms with Crippen molar-refractivity contribution in [3.63, 3.8) is 0 Å². The summed E-state index contributed by atoms with van der Waals surface area (Å²) in [5, 5.41) is 41.9. The summed E-state index contributed by atoms with van der Waals surface area (Å²) in [7, 11) is 0. The predicted molar refractivity (Wildman–Crippen MR) is 161 cm³/mol. The third-order valence-electron chi connectivity index (χ3n) is 9.94. The van der Waals surface area contributed by atoms with Crippen LogP contribution in [0.2, 0.25) is 0 Å². The van der Waals surface area contributed by atoms with Crippen molar-refractivity contribution in [3.05, 3.63) is 35.4 Å². The minimum atomic E-state index is -1.21. The molecular weight excluding hydrogens is 502 g/mol. The van der Waals surface area contributed by atoms with Gasteiger partial charge < -0.3 is 31.3 Å². The molecule has 7 heteroatoms. The molecule has 2 saturated heterocycles. The Labute approximate surface area is 241 Å². The third kappa shape index (κ3) is 9.80. The number of aliphatic hydroxyl groups is 2. The Hall–Kier alpha value is -1.51. The van der Waals surface area contributed by atoms with Crippen LogP contribution in [0.1, 0.15) is 108 Å². The van der Waals surface area contributed by atoms with E-state index >= 15 is 0 Å². The van der Waals surface area contributed by atoms with Crippen LogP contribution in [-0.4, -0.2) is 69.7 Å². The van der Waals surface area contributed by atoms with Crippen LogP contribution >= 0.6 is 0 Å². The van der Waals surface area contributed by atoms with E-state index in [1.54, 1.807) is 0 Å². The Morgan fingerprint density at radius 1 is 1.02 bits per heavy atom. The zero-order valence-corrected chi connectivity index (χ0v) is 25.0. The standard InChI is InChI=1S/C33H55N3O4/c1-24-30(37)14-13-28(36-24)12-11-25-8-5-3-4-6-15-33(40,22-31(38)39)23-35-32(2)16-17-34-29(21-32)20-27-10-7-9-26(18-25)19-27/h7,9-10,19,24-25,28-30,34-37,40H,3-6,8,11-18,20-23H2,1-2H3,(H,38,39)/t24-,25+,28+,29-,30+,32+,33+/m0/s1. The van der Waals surface area contributed by atoms with Crippen molar-refractivity contribution in [2.24, 2.45) is 5.92 Å². The highest BCUT2D eigenvalue weighted by molar-refractivity contribution is 5.68. The lowest BCUT2D eigenvalue weighted by Gasteiger charge is -2.42. The van der Waals surface area contributed by atoms with Gasteiger partial charge in [-0.25, -0.2) is 0 Å². The molecule has 7 nitrogen and oxygen atoms in total. The second-order valence-corrected chi connectivity index (χ2v) is 13.7.